The lowest BCUT2D eigenvalue weighted by Crippen LogP contribution is -2.41. The minimum Gasteiger partial charge on any atom is -0.497 e. The molecule has 2 aromatic carbocycles. The van der Waals surface area contributed by atoms with E-state index < -0.39 is 22.5 Å². The summed E-state index contributed by atoms with van der Waals surface area (Å²) in [6.07, 6.45) is 1.52. The third kappa shape index (κ3) is 4.83. The van der Waals surface area contributed by atoms with Gasteiger partial charge in [-0.25, -0.2) is 8.42 Å². The second-order valence-electron chi connectivity index (χ2n) is 5.96. The van der Waals surface area contributed by atoms with Crippen LogP contribution in [0.2, 0.25) is 0 Å². The molecule has 28 heavy (non-hydrogen) atoms. The molecule has 0 aromatic heterocycles. The molecule has 2 rings (SSSR count). The molecule has 8 heteroatoms. The number of carbonyl (C=O) groups is 1. The minimum atomic E-state index is -4.02. The molecule has 0 bridgehead atoms. The van der Waals surface area contributed by atoms with E-state index in [1.54, 1.807) is 30.3 Å². The predicted molar refractivity (Wildman–Crippen MR) is 108 cm³/mol. The molecule has 0 saturated heterocycles. The Morgan fingerprint density at radius 2 is 1.82 bits per heavy atom. The van der Waals surface area contributed by atoms with Crippen molar-refractivity contribution in [2.24, 2.45) is 0 Å². The van der Waals surface area contributed by atoms with Crippen molar-refractivity contribution in [3.8, 4) is 11.5 Å². The zero-order valence-corrected chi connectivity index (χ0v) is 17.0. The number of sulfonamides is 1. The van der Waals surface area contributed by atoms with E-state index in [2.05, 4.69) is 11.9 Å². The molecular weight excluding hydrogens is 380 g/mol. The summed E-state index contributed by atoms with van der Waals surface area (Å²) >= 11 is 0. The Morgan fingerprint density at radius 3 is 2.39 bits per heavy atom. The van der Waals surface area contributed by atoms with E-state index in [-0.39, 0.29) is 22.9 Å². The van der Waals surface area contributed by atoms with Gasteiger partial charge >= 0.3 is 0 Å². The lowest BCUT2D eigenvalue weighted by atomic mass is 10.2. The van der Waals surface area contributed by atoms with Crippen molar-refractivity contribution in [1.29, 1.82) is 0 Å². The maximum Gasteiger partial charge on any atom is 0.264 e. The lowest BCUT2D eigenvalue weighted by Gasteiger charge is -2.26. The minimum absolute atomic E-state index is 0.0764. The summed E-state index contributed by atoms with van der Waals surface area (Å²) in [5, 5.41) is 2.60. The number of nitrogens with zero attached hydrogens (tertiary/aromatic N) is 1. The number of hydrogen-bond acceptors (Lipinski definition) is 5. The van der Waals surface area contributed by atoms with Crippen LogP contribution < -0.4 is 19.1 Å². The summed E-state index contributed by atoms with van der Waals surface area (Å²) in [5.74, 6) is 0.310. The predicted octanol–water partition coefficient (Wildman–Crippen LogP) is 2.51. The number of carbonyl (C=O) groups excluding carboxylic acids is 1. The smallest absolute Gasteiger partial charge is 0.264 e. The summed E-state index contributed by atoms with van der Waals surface area (Å²) in [6.45, 7) is 5.23. The van der Waals surface area contributed by atoms with Crippen LogP contribution in [0.15, 0.2) is 60.0 Å². The molecule has 0 radical (unpaired) electrons. The van der Waals surface area contributed by atoms with Crippen LogP contribution >= 0.6 is 0 Å². The Balaban J connectivity index is 2.55. The Hall–Kier alpha value is -3.00. The van der Waals surface area contributed by atoms with Gasteiger partial charge in [0.05, 0.1) is 24.8 Å². The molecule has 0 heterocycles. The Labute approximate surface area is 165 Å². The molecule has 7 nitrogen and oxygen atoms in total. The van der Waals surface area contributed by atoms with Gasteiger partial charge in [-0.3, -0.25) is 9.10 Å². The van der Waals surface area contributed by atoms with E-state index >= 15 is 0 Å². The first kappa shape index (κ1) is 21.3. The largest absolute Gasteiger partial charge is 0.497 e. The molecule has 1 amide bonds. The molecule has 0 unspecified atom stereocenters. The SMILES string of the molecule is C=CCNC(=O)CN(c1ccc(OC)cc1OC)S(=O)(=O)c1ccc(C)cc1. The van der Waals surface area contributed by atoms with Crippen LogP contribution in [0, 0.1) is 6.92 Å². The van der Waals surface area contributed by atoms with Crippen molar-refractivity contribution in [1.82, 2.24) is 5.32 Å². The Morgan fingerprint density at radius 1 is 1.14 bits per heavy atom. The number of benzene rings is 2. The van der Waals surface area contributed by atoms with E-state index in [0.29, 0.717) is 5.75 Å². The lowest BCUT2D eigenvalue weighted by molar-refractivity contribution is -0.119. The average Bonchev–Trinajstić information content (AvgIpc) is 2.70. The highest BCUT2D eigenvalue weighted by Gasteiger charge is 2.29. The first-order chi connectivity index (χ1) is 13.3. The highest BCUT2D eigenvalue weighted by molar-refractivity contribution is 7.92. The monoisotopic (exact) mass is 404 g/mol. The van der Waals surface area contributed by atoms with E-state index in [9.17, 15) is 13.2 Å². The summed E-state index contributed by atoms with van der Waals surface area (Å²) in [5.41, 5.74) is 1.16. The number of rotatable bonds is 9. The number of amides is 1. The van der Waals surface area contributed by atoms with Crippen LogP contribution in [0.25, 0.3) is 0 Å². The topological polar surface area (TPSA) is 84.9 Å². The molecule has 0 atom stereocenters. The van der Waals surface area contributed by atoms with Gasteiger partial charge in [-0.2, -0.15) is 0 Å². The fourth-order valence-electron chi connectivity index (χ4n) is 2.50. The molecule has 0 saturated carbocycles. The summed E-state index contributed by atoms with van der Waals surface area (Å²) < 4.78 is 38.2. The molecule has 2 aromatic rings. The van der Waals surface area contributed by atoms with Gasteiger partial charge in [0.1, 0.15) is 18.0 Å². The van der Waals surface area contributed by atoms with Crippen LogP contribution in [0.1, 0.15) is 5.56 Å². The first-order valence-electron chi connectivity index (χ1n) is 8.52. The van der Waals surface area contributed by atoms with Gasteiger partial charge in [-0.1, -0.05) is 23.8 Å². The van der Waals surface area contributed by atoms with Crippen molar-refractivity contribution in [2.45, 2.75) is 11.8 Å². The number of ether oxygens (including phenoxy) is 2. The second kappa shape index (κ2) is 9.27. The maximum absolute atomic E-state index is 13.3. The third-order valence-electron chi connectivity index (χ3n) is 4.00. The fourth-order valence-corrected chi connectivity index (χ4v) is 3.93. The Kier molecular flexibility index (Phi) is 7.06. The third-order valence-corrected chi connectivity index (χ3v) is 5.77. The second-order valence-corrected chi connectivity index (χ2v) is 7.82. The highest BCUT2D eigenvalue weighted by atomic mass is 32.2. The van der Waals surface area contributed by atoms with Crippen molar-refractivity contribution < 1.29 is 22.7 Å². The van der Waals surface area contributed by atoms with Gasteiger partial charge < -0.3 is 14.8 Å². The van der Waals surface area contributed by atoms with Crippen molar-refractivity contribution in [2.75, 3.05) is 31.6 Å². The standard InChI is InChI=1S/C20H24N2O5S/c1-5-12-21-20(23)14-22(18-11-8-16(26-3)13-19(18)27-4)28(24,25)17-9-6-15(2)7-10-17/h5-11,13H,1,12,14H2,2-4H3,(H,21,23). The molecular formula is C20H24N2O5S. The number of anilines is 1. The van der Waals surface area contributed by atoms with E-state index in [4.69, 9.17) is 9.47 Å². The zero-order chi connectivity index (χ0) is 20.7. The van der Waals surface area contributed by atoms with Gasteiger partial charge in [0.2, 0.25) is 5.91 Å². The highest BCUT2D eigenvalue weighted by Crippen LogP contribution is 2.35. The van der Waals surface area contributed by atoms with Crippen molar-refractivity contribution >= 4 is 21.6 Å². The number of hydrogen-bond donors (Lipinski definition) is 1. The van der Waals surface area contributed by atoms with Crippen LogP contribution in [-0.2, 0) is 14.8 Å². The molecule has 0 spiro atoms. The van der Waals surface area contributed by atoms with E-state index in [1.807, 2.05) is 6.92 Å². The molecule has 0 aliphatic heterocycles. The van der Waals surface area contributed by atoms with Gasteiger partial charge in [-0.05, 0) is 31.2 Å². The van der Waals surface area contributed by atoms with Crippen LogP contribution in [0.4, 0.5) is 5.69 Å². The number of nitrogens with one attached hydrogen (secondary N) is 1. The molecule has 0 aliphatic rings. The Bertz CT molecular complexity index is 940. The summed E-state index contributed by atoms with van der Waals surface area (Å²) in [4.78, 5) is 12.4. The maximum atomic E-state index is 13.3. The zero-order valence-electron chi connectivity index (χ0n) is 16.1. The van der Waals surface area contributed by atoms with Crippen molar-refractivity contribution in [3.05, 3.63) is 60.7 Å². The van der Waals surface area contributed by atoms with E-state index in [0.717, 1.165) is 9.87 Å². The van der Waals surface area contributed by atoms with Gasteiger partial charge in [0.25, 0.3) is 10.0 Å². The van der Waals surface area contributed by atoms with Gasteiger partial charge in [0, 0.05) is 12.6 Å². The van der Waals surface area contributed by atoms with E-state index in [1.165, 1.54) is 32.4 Å². The van der Waals surface area contributed by atoms with Crippen LogP contribution in [-0.4, -0.2) is 41.6 Å². The van der Waals surface area contributed by atoms with Crippen LogP contribution in [0.5, 0.6) is 11.5 Å². The quantitative estimate of drug-likeness (QED) is 0.649. The van der Waals surface area contributed by atoms with Gasteiger partial charge in [0.15, 0.2) is 0 Å². The summed E-state index contributed by atoms with van der Waals surface area (Å²) in [7, 11) is -1.10. The van der Waals surface area contributed by atoms with Crippen LogP contribution in [0.3, 0.4) is 0 Å². The first-order valence-corrected chi connectivity index (χ1v) is 9.96. The fraction of sp³-hybridized carbons (Fsp3) is 0.250. The summed E-state index contributed by atoms with van der Waals surface area (Å²) in [6, 6.07) is 11.1. The molecule has 150 valence electrons. The number of methoxy groups -OCH3 is 2. The molecule has 0 fully saturated rings. The molecule has 1 N–H and O–H groups in total. The molecule has 0 aliphatic carbocycles. The normalized spacial score (nSPS) is 10.8. The average molecular weight is 404 g/mol. The van der Waals surface area contributed by atoms with Gasteiger partial charge in [-0.15, -0.1) is 6.58 Å². The number of aryl methyl sites for hydroxylation is 1. The van der Waals surface area contributed by atoms with Crippen molar-refractivity contribution in [3.63, 3.8) is 0 Å².